The first kappa shape index (κ1) is 11.3. The Morgan fingerprint density at radius 2 is 2.06 bits per heavy atom. The van der Waals surface area contributed by atoms with Crippen LogP contribution in [-0.4, -0.2) is 13.2 Å². The van der Waals surface area contributed by atoms with Crippen LogP contribution in [0.2, 0.25) is 0 Å². The summed E-state index contributed by atoms with van der Waals surface area (Å²) in [7, 11) is 1.68. The predicted molar refractivity (Wildman–Crippen MR) is 62.5 cm³/mol. The van der Waals surface area contributed by atoms with Crippen molar-refractivity contribution in [1.29, 1.82) is 0 Å². The first-order chi connectivity index (χ1) is 7.85. The number of para-hydroxylation sites is 1. The van der Waals surface area contributed by atoms with Crippen LogP contribution in [-0.2, 0) is 6.54 Å². The highest BCUT2D eigenvalue weighted by molar-refractivity contribution is 5.46. The summed E-state index contributed by atoms with van der Waals surface area (Å²) in [6.45, 7) is 0.735. The molecule has 1 aliphatic carbocycles. The minimum Gasteiger partial charge on any atom is -0.493 e. The molecule has 0 spiro atoms. The minimum atomic E-state index is 0.363. The van der Waals surface area contributed by atoms with Crippen molar-refractivity contribution < 1.29 is 15.2 Å². The normalized spacial score (nSPS) is 16.4. The Morgan fingerprint density at radius 1 is 1.31 bits per heavy atom. The zero-order valence-corrected chi connectivity index (χ0v) is 9.87. The van der Waals surface area contributed by atoms with Crippen LogP contribution in [0.25, 0.3) is 0 Å². The van der Waals surface area contributed by atoms with Gasteiger partial charge in [0.25, 0.3) is 0 Å². The van der Waals surface area contributed by atoms with Gasteiger partial charge in [-0.3, -0.25) is 0 Å². The molecule has 0 unspecified atom stereocenters. The molecule has 0 aliphatic heterocycles. The van der Waals surface area contributed by atoms with Crippen LogP contribution in [0.4, 0.5) is 0 Å². The second-order valence-corrected chi connectivity index (χ2v) is 4.22. The zero-order valence-electron chi connectivity index (χ0n) is 9.87. The van der Waals surface area contributed by atoms with Gasteiger partial charge in [0.1, 0.15) is 6.54 Å². The predicted octanol–water partition coefficient (Wildman–Crippen LogP) is 1.76. The molecule has 1 aromatic carbocycles. The Balaban J connectivity index is 2.21. The molecule has 0 bridgehead atoms. The number of hydrogen-bond donors (Lipinski definition) is 1. The lowest BCUT2D eigenvalue weighted by molar-refractivity contribution is -0.386. The summed E-state index contributed by atoms with van der Waals surface area (Å²) in [5.74, 6) is 1.72. The third-order valence-corrected chi connectivity index (χ3v) is 3.14. The molecule has 3 heteroatoms. The van der Waals surface area contributed by atoms with Crippen molar-refractivity contribution in [3.63, 3.8) is 0 Å². The smallest absolute Gasteiger partial charge is 0.170 e. The van der Waals surface area contributed by atoms with Gasteiger partial charge in [-0.05, 0) is 37.8 Å². The van der Waals surface area contributed by atoms with E-state index in [1.54, 1.807) is 7.11 Å². The maximum Gasteiger partial charge on any atom is 0.170 e. The third-order valence-electron chi connectivity index (χ3n) is 3.14. The second-order valence-electron chi connectivity index (χ2n) is 4.22. The molecule has 0 saturated heterocycles. The summed E-state index contributed by atoms with van der Waals surface area (Å²) in [6.07, 6.45) is 5.24. The summed E-state index contributed by atoms with van der Waals surface area (Å²) < 4.78 is 11.4. The van der Waals surface area contributed by atoms with Gasteiger partial charge in [-0.2, -0.15) is 0 Å². The van der Waals surface area contributed by atoms with E-state index in [0.29, 0.717) is 6.10 Å². The highest BCUT2D eigenvalue weighted by Gasteiger charge is 2.20. The molecule has 0 aromatic heterocycles. The lowest BCUT2D eigenvalue weighted by Crippen LogP contribution is -2.47. The van der Waals surface area contributed by atoms with E-state index < -0.39 is 0 Å². The van der Waals surface area contributed by atoms with Gasteiger partial charge in [0, 0.05) is 0 Å². The lowest BCUT2D eigenvalue weighted by atomic mass is 10.2. The molecule has 3 N–H and O–H groups in total. The molecule has 1 aromatic rings. The molecule has 0 heterocycles. The van der Waals surface area contributed by atoms with Crippen molar-refractivity contribution in [2.45, 2.75) is 38.3 Å². The van der Waals surface area contributed by atoms with Gasteiger partial charge >= 0.3 is 0 Å². The van der Waals surface area contributed by atoms with Crippen molar-refractivity contribution in [1.82, 2.24) is 0 Å². The van der Waals surface area contributed by atoms with Crippen molar-refractivity contribution in [2.75, 3.05) is 7.11 Å². The van der Waals surface area contributed by atoms with Crippen LogP contribution in [0.3, 0.4) is 0 Å². The van der Waals surface area contributed by atoms with E-state index in [-0.39, 0.29) is 0 Å². The Labute approximate surface area is 96.5 Å². The van der Waals surface area contributed by atoms with E-state index in [9.17, 15) is 0 Å². The molecule has 0 radical (unpaired) electrons. The number of hydrogen-bond acceptors (Lipinski definition) is 2. The molecule has 88 valence electrons. The second kappa shape index (κ2) is 5.21. The largest absolute Gasteiger partial charge is 0.493 e. The Kier molecular flexibility index (Phi) is 3.67. The highest BCUT2D eigenvalue weighted by Crippen LogP contribution is 2.34. The fourth-order valence-electron chi connectivity index (χ4n) is 2.23. The van der Waals surface area contributed by atoms with Crippen molar-refractivity contribution >= 4 is 0 Å². The number of ether oxygens (including phenoxy) is 2. The van der Waals surface area contributed by atoms with Gasteiger partial charge in [-0.15, -0.1) is 0 Å². The maximum atomic E-state index is 6.05. The third kappa shape index (κ3) is 2.30. The van der Waals surface area contributed by atoms with Crippen LogP contribution in [0.1, 0.15) is 31.2 Å². The number of benzene rings is 1. The van der Waals surface area contributed by atoms with E-state index in [4.69, 9.17) is 9.47 Å². The van der Waals surface area contributed by atoms with Gasteiger partial charge < -0.3 is 15.2 Å². The molecule has 0 amide bonds. The van der Waals surface area contributed by atoms with E-state index in [2.05, 4.69) is 11.8 Å². The van der Waals surface area contributed by atoms with Crippen LogP contribution >= 0.6 is 0 Å². The topological polar surface area (TPSA) is 46.1 Å². The van der Waals surface area contributed by atoms with E-state index in [1.807, 2.05) is 12.1 Å². The molecule has 16 heavy (non-hydrogen) atoms. The summed E-state index contributed by atoms with van der Waals surface area (Å²) in [6, 6.07) is 5.99. The van der Waals surface area contributed by atoms with Gasteiger partial charge in [-0.25, -0.2) is 0 Å². The Hall–Kier alpha value is -1.22. The summed E-state index contributed by atoms with van der Waals surface area (Å²) >= 11 is 0. The number of quaternary nitrogens is 1. The molecular weight excluding hydrogens is 202 g/mol. The fourth-order valence-corrected chi connectivity index (χ4v) is 2.23. The van der Waals surface area contributed by atoms with Crippen molar-refractivity contribution in [3.05, 3.63) is 23.8 Å². The average molecular weight is 222 g/mol. The molecule has 1 saturated carbocycles. The average Bonchev–Trinajstić information content (AvgIpc) is 2.82. The quantitative estimate of drug-likeness (QED) is 0.843. The molecular formula is C13H20NO2+. The van der Waals surface area contributed by atoms with Crippen LogP contribution < -0.4 is 15.2 Å². The van der Waals surface area contributed by atoms with E-state index in [1.165, 1.54) is 12.8 Å². The Morgan fingerprint density at radius 3 is 2.69 bits per heavy atom. The molecule has 3 nitrogen and oxygen atoms in total. The summed E-state index contributed by atoms with van der Waals surface area (Å²) in [5.41, 5.74) is 5.06. The standard InChI is InChI=1S/C13H19NO2/c1-15-12-8-4-5-10(9-14)13(12)16-11-6-2-3-7-11/h4-5,8,11H,2-3,6-7,9,14H2,1H3/p+1. The van der Waals surface area contributed by atoms with Gasteiger partial charge in [0.05, 0.1) is 18.8 Å². The minimum absolute atomic E-state index is 0.363. The maximum absolute atomic E-state index is 6.05. The van der Waals surface area contributed by atoms with Crippen LogP contribution in [0.5, 0.6) is 11.5 Å². The van der Waals surface area contributed by atoms with Crippen LogP contribution in [0.15, 0.2) is 18.2 Å². The molecule has 2 rings (SSSR count). The SMILES string of the molecule is COc1cccc(C[NH3+])c1OC1CCCC1. The summed E-state index contributed by atoms with van der Waals surface area (Å²) in [4.78, 5) is 0. The molecule has 0 atom stereocenters. The fraction of sp³-hybridized carbons (Fsp3) is 0.538. The highest BCUT2D eigenvalue weighted by atomic mass is 16.5. The van der Waals surface area contributed by atoms with E-state index >= 15 is 0 Å². The van der Waals surface area contributed by atoms with E-state index in [0.717, 1.165) is 36.4 Å². The Bertz CT molecular complexity index is 324. The van der Waals surface area contributed by atoms with Crippen molar-refractivity contribution in [3.8, 4) is 11.5 Å². The molecule has 1 aliphatic rings. The van der Waals surface area contributed by atoms with Gasteiger partial charge in [0.15, 0.2) is 11.5 Å². The summed E-state index contributed by atoms with van der Waals surface area (Å²) in [5, 5.41) is 0. The van der Waals surface area contributed by atoms with Gasteiger partial charge in [-0.1, -0.05) is 6.07 Å². The zero-order chi connectivity index (χ0) is 11.4. The van der Waals surface area contributed by atoms with Crippen LogP contribution in [0, 0.1) is 0 Å². The number of methoxy groups -OCH3 is 1. The lowest BCUT2D eigenvalue weighted by Gasteiger charge is -2.17. The molecule has 1 fully saturated rings. The number of rotatable bonds is 4. The monoisotopic (exact) mass is 222 g/mol. The van der Waals surface area contributed by atoms with Crippen molar-refractivity contribution in [2.24, 2.45) is 0 Å². The first-order valence-corrected chi connectivity index (χ1v) is 5.97. The first-order valence-electron chi connectivity index (χ1n) is 5.97. The van der Waals surface area contributed by atoms with Gasteiger partial charge in [0.2, 0.25) is 0 Å².